The molecule has 146 valence electrons. The fourth-order valence-corrected chi connectivity index (χ4v) is 3.63. The van der Waals surface area contributed by atoms with E-state index < -0.39 is 10.0 Å². The van der Waals surface area contributed by atoms with Crippen molar-refractivity contribution in [2.45, 2.75) is 39.7 Å². The molecule has 2 aromatic rings. The van der Waals surface area contributed by atoms with Crippen LogP contribution in [0, 0.1) is 6.92 Å². The van der Waals surface area contributed by atoms with Crippen LogP contribution in [-0.2, 0) is 21.4 Å². The molecule has 1 N–H and O–H groups in total. The van der Waals surface area contributed by atoms with Crippen molar-refractivity contribution in [1.29, 1.82) is 0 Å². The third kappa shape index (κ3) is 6.15. The van der Waals surface area contributed by atoms with Crippen molar-refractivity contribution in [2.24, 2.45) is 0 Å². The Morgan fingerprint density at radius 1 is 1.19 bits per heavy atom. The highest BCUT2D eigenvalue weighted by Gasteiger charge is 2.19. The van der Waals surface area contributed by atoms with Gasteiger partial charge in [0, 0.05) is 37.6 Å². The summed E-state index contributed by atoms with van der Waals surface area (Å²) in [4.78, 5) is 16.4. The van der Waals surface area contributed by atoms with Gasteiger partial charge in [-0.15, -0.1) is 0 Å². The molecule has 0 aliphatic heterocycles. The Morgan fingerprint density at radius 2 is 1.85 bits per heavy atom. The molecule has 0 radical (unpaired) electrons. The predicted molar refractivity (Wildman–Crippen MR) is 108 cm³/mol. The average molecular weight is 390 g/mol. The summed E-state index contributed by atoms with van der Waals surface area (Å²) in [5, 5.41) is 2.96. The van der Waals surface area contributed by atoms with Gasteiger partial charge in [-0.2, -0.15) is 4.31 Å². The van der Waals surface area contributed by atoms with Gasteiger partial charge in [-0.05, 0) is 41.7 Å². The average Bonchev–Trinajstić information content (AvgIpc) is 2.60. The predicted octanol–water partition coefficient (Wildman–Crippen LogP) is 3.30. The SMILES string of the molecule is Cc1cccc(C(C)C)c1NC(=O)CCN(Cc1ccncc1)S(C)(=O)=O. The first-order valence-electron chi connectivity index (χ1n) is 8.92. The van der Waals surface area contributed by atoms with E-state index >= 15 is 0 Å². The fourth-order valence-electron chi connectivity index (χ4n) is 2.82. The number of carbonyl (C=O) groups excluding carboxylic acids is 1. The molecule has 0 bridgehead atoms. The molecule has 0 unspecified atom stereocenters. The Balaban J connectivity index is 2.06. The van der Waals surface area contributed by atoms with Crippen LogP contribution >= 0.6 is 0 Å². The number of aromatic nitrogens is 1. The highest BCUT2D eigenvalue weighted by atomic mass is 32.2. The molecule has 2 rings (SSSR count). The van der Waals surface area contributed by atoms with Crippen LogP contribution in [0.4, 0.5) is 5.69 Å². The van der Waals surface area contributed by atoms with Gasteiger partial charge in [-0.1, -0.05) is 32.0 Å². The number of hydrogen-bond acceptors (Lipinski definition) is 4. The van der Waals surface area contributed by atoms with Gasteiger partial charge in [0.25, 0.3) is 0 Å². The first kappa shape index (κ1) is 21.1. The van der Waals surface area contributed by atoms with Crippen LogP contribution in [-0.4, -0.2) is 36.4 Å². The van der Waals surface area contributed by atoms with Crippen molar-refractivity contribution in [3.05, 3.63) is 59.4 Å². The van der Waals surface area contributed by atoms with Crippen molar-refractivity contribution >= 4 is 21.6 Å². The van der Waals surface area contributed by atoms with Crippen molar-refractivity contribution in [2.75, 3.05) is 18.1 Å². The van der Waals surface area contributed by atoms with Crippen LogP contribution in [0.3, 0.4) is 0 Å². The zero-order chi connectivity index (χ0) is 20.0. The molecule has 0 atom stereocenters. The molecule has 0 saturated carbocycles. The lowest BCUT2D eigenvalue weighted by atomic mass is 9.98. The van der Waals surface area contributed by atoms with Crippen molar-refractivity contribution in [1.82, 2.24) is 9.29 Å². The van der Waals surface area contributed by atoms with Gasteiger partial charge >= 0.3 is 0 Å². The van der Waals surface area contributed by atoms with Gasteiger partial charge in [0.15, 0.2) is 0 Å². The van der Waals surface area contributed by atoms with Gasteiger partial charge in [0.1, 0.15) is 0 Å². The van der Waals surface area contributed by atoms with E-state index in [-0.39, 0.29) is 31.3 Å². The maximum Gasteiger partial charge on any atom is 0.225 e. The summed E-state index contributed by atoms with van der Waals surface area (Å²) in [6.45, 7) is 6.44. The van der Waals surface area contributed by atoms with Gasteiger partial charge in [-0.25, -0.2) is 8.42 Å². The Bertz CT molecular complexity index is 881. The molecule has 0 fully saturated rings. The summed E-state index contributed by atoms with van der Waals surface area (Å²) in [7, 11) is -3.43. The first-order valence-corrected chi connectivity index (χ1v) is 10.8. The normalized spacial score (nSPS) is 11.8. The minimum atomic E-state index is -3.43. The number of sulfonamides is 1. The van der Waals surface area contributed by atoms with Gasteiger partial charge in [0.05, 0.1) is 6.26 Å². The molecule has 1 aromatic carbocycles. The molecular weight excluding hydrogens is 362 g/mol. The monoisotopic (exact) mass is 389 g/mol. The lowest BCUT2D eigenvalue weighted by molar-refractivity contribution is -0.116. The third-order valence-corrected chi connectivity index (χ3v) is 5.61. The number of benzene rings is 1. The van der Waals surface area contributed by atoms with Gasteiger partial charge in [-0.3, -0.25) is 9.78 Å². The number of carbonyl (C=O) groups is 1. The first-order chi connectivity index (χ1) is 12.7. The minimum Gasteiger partial charge on any atom is -0.326 e. The van der Waals surface area contributed by atoms with Crippen LogP contribution in [0.5, 0.6) is 0 Å². The molecule has 1 heterocycles. The Labute approximate surface area is 161 Å². The molecular formula is C20H27N3O3S. The highest BCUT2D eigenvalue weighted by Crippen LogP contribution is 2.27. The Hall–Kier alpha value is -2.25. The molecule has 6 nitrogen and oxygen atoms in total. The summed E-state index contributed by atoms with van der Waals surface area (Å²) in [5.41, 5.74) is 3.71. The van der Waals surface area contributed by atoms with E-state index in [0.29, 0.717) is 0 Å². The maximum absolute atomic E-state index is 12.5. The smallest absolute Gasteiger partial charge is 0.225 e. The largest absolute Gasteiger partial charge is 0.326 e. The molecule has 7 heteroatoms. The lowest BCUT2D eigenvalue weighted by Gasteiger charge is -2.21. The van der Waals surface area contributed by atoms with E-state index in [9.17, 15) is 13.2 Å². The lowest BCUT2D eigenvalue weighted by Crippen LogP contribution is -2.32. The molecule has 1 aromatic heterocycles. The number of nitrogens with zero attached hydrogens (tertiary/aromatic N) is 2. The second kappa shape index (κ2) is 9.10. The number of amides is 1. The number of anilines is 1. The molecule has 0 aliphatic rings. The van der Waals surface area contributed by atoms with Crippen LogP contribution in [0.15, 0.2) is 42.7 Å². The highest BCUT2D eigenvalue weighted by molar-refractivity contribution is 7.88. The number of rotatable bonds is 8. The van der Waals surface area contributed by atoms with E-state index in [1.165, 1.54) is 4.31 Å². The maximum atomic E-state index is 12.5. The van der Waals surface area contributed by atoms with E-state index in [4.69, 9.17) is 0 Å². The summed E-state index contributed by atoms with van der Waals surface area (Å²) >= 11 is 0. The second-order valence-corrected chi connectivity index (χ2v) is 8.93. The zero-order valence-corrected chi connectivity index (χ0v) is 17.1. The van der Waals surface area contributed by atoms with Crippen LogP contribution in [0.1, 0.15) is 42.9 Å². The van der Waals surface area contributed by atoms with Crippen LogP contribution in [0.25, 0.3) is 0 Å². The minimum absolute atomic E-state index is 0.0873. The summed E-state index contributed by atoms with van der Waals surface area (Å²) in [5.74, 6) is 0.0778. The van der Waals surface area contributed by atoms with Crippen LogP contribution in [0.2, 0.25) is 0 Å². The third-order valence-electron chi connectivity index (χ3n) is 4.36. The molecule has 0 aliphatic carbocycles. The summed E-state index contributed by atoms with van der Waals surface area (Å²) in [6.07, 6.45) is 4.48. The number of nitrogens with one attached hydrogen (secondary N) is 1. The molecule has 27 heavy (non-hydrogen) atoms. The standard InChI is InChI=1S/C20H27N3O3S/c1-15(2)18-7-5-6-16(3)20(18)22-19(24)10-13-23(27(4,25)26)14-17-8-11-21-12-9-17/h5-9,11-12,15H,10,13-14H2,1-4H3,(H,22,24). The van der Waals surface area contributed by atoms with E-state index in [1.807, 2.05) is 25.1 Å². The molecule has 1 amide bonds. The topological polar surface area (TPSA) is 79.4 Å². The molecule has 0 saturated heterocycles. The van der Waals surface area contributed by atoms with Crippen molar-refractivity contribution < 1.29 is 13.2 Å². The summed E-state index contributed by atoms with van der Waals surface area (Å²) in [6, 6.07) is 9.45. The van der Waals surface area contributed by atoms with E-state index in [2.05, 4.69) is 24.1 Å². The Morgan fingerprint density at radius 3 is 2.44 bits per heavy atom. The summed E-state index contributed by atoms with van der Waals surface area (Å²) < 4.78 is 25.5. The van der Waals surface area contributed by atoms with Gasteiger partial charge < -0.3 is 5.32 Å². The number of hydrogen-bond donors (Lipinski definition) is 1. The second-order valence-electron chi connectivity index (χ2n) is 6.94. The Kier molecular flexibility index (Phi) is 7.10. The van der Waals surface area contributed by atoms with Crippen LogP contribution < -0.4 is 5.32 Å². The van der Waals surface area contributed by atoms with Crippen molar-refractivity contribution in [3.63, 3.8) is 0 Å². The molecule has 0 spiro atoms. The van der Waals surface area contributed by atoms with E-state index in [1.54, 1.807) is 24.5 Å². The fraction of sp³-hybridized carbons (Fsp3) is 0.400. The number of aryl methyl sites for hydroxylation is 1. The van der Waals surface area contributed by atoms with Gasteiger partial charge in [0.2, 0.25) is 15.9 Å². The quantitative estimate of drug-likeness (QED) is 0.751. The number of para-hydroxylation sites is 1. The number of pyridine rings is 1. The van der Waals surface area contributed by atoms with Crippen molar-refractivity contribution in [3.8, 4) is 0 Å². The zero-order valence-electron chi connectivity index (χ0n) is 16.3. The van der Waals surface area contributed by atoms with E-state index in [0.717, 1.165) is 28.6 Å².